The molecular weight excluding hydrogens is 294 g/mol. The van der Waals surface area contributed by atoms with Gasteiger partial charge in [-0.2, -0.15) is 0 Å². The Morgan fingerprint density at radius 3 is 2.18 bits per heavy atom. The van der Waals surface area contributed by atoms with Crippen LogP contribution in [0.3, 0.4) is 0 Å². The maximum atomic E-state index is 4.52. The fourth-order valence-electron chi connectivity index (χ4n) is 2.17. The van der Waals surface area contributed by atoms with Gasteiger partial charge in [-0.1, -0.05) is 48.0 Å². The van der Waals surface area contributed by atoms with Crippen molar-refractivity contribution in [3.8, 4) is 11.3 Å². The molecule has 0 aliphatic carbocycles. The summed E-state index contributed by atoms with van der Waals surface area (Å²) < 4.78 is 0. The first kappa shape index (κ1) is 16.0. The van der Waals surface area contributed by atoms with E-state index in [0.29, 0.717) is 0 Å². The second-order valence-electron chi connectivity index (χ2n) is 5.04. The van der Waals surface area contributed by atoms with Crippen molar-refractivity contribution in [2.24, 2.45) is 0 Å². The summed E-state index contributed by atoms with van der Waals surface area (Å²) in [5.41, 5.74) is 4.29. The van der Waals surface area contributed by atoms with Gasteiger partial charge < -0.3 is 5.32 Å². The number of para-hydroxylation sites is 1. The molecule has 0 aliphatic heterocycles. The van der Waals surface area contributed by atoms with Crippen LogP contribution in [-0.2, 0) is 0 Å². The Kier molecular flexibility index (Phi) is 5.12. The zero-order valence-corrected chi connectivity index (χ0v) is 13.4. The van der Waals surface area contributed by atoms with Crippen LogP contribution in [0.5, 0.6) is 0 Å². The van der Waals surface area contributed by atoms with Crippen molar-refractivity contribution < 1.29 is 0 Å². The molecule has 3 aromatic rings. The van der Waals surface area contributed by atoms with E-state index in [9.17, 15) is 0 Å². The zero-order chi connectivity index (χ0) is 14.7. The molecule has 4 heteroatoms. The first-order chi connectivity index (χ1) is 10.2. The molecule has 0 bridgehead atoms. The highest BCUT2D eigenvalue weighted by atomic mass is 35.5. The molecule has 22 heavy (non-hydrogen) atoms. The SMILES string of the molecule is Cc1ccc(-c2cc(Nc3ccccc3)nc(C)n2)cc1.Cl. The van der Waals surface area contributed by atoms with E-state index in [2.05, 4.69) is 46.5 Å². The van der Waals surface area contributed by atoms with Crippen LogP contribution in [0.15, 0.2) is 60.7 Å². The Bertz CT molecular complexity index is 740. The van der Waals surface area contributed by atoms with Crippen molar-refractivity contribution in [2.75, 3.05) is 5.32 Å². The Morgan fingerprint density at radius 1 is 0.818 bits per heavy atom. The standard InChI is InChI=1S/C18H17N3.ClH/c1-13-8-10-15(11-9-13)17-12-18(20-14(2)19-17)21-16-6-4-3-5-7-16;/h3-12H,1-2H3,(H,19,20,21);1H. The van der Waals surface area contributed by atoms with Gasteiger partial charge in [0.25, 0.3) is 0 Å². The molecule has 0 unspecified atom stereocenters. The highest BCUT2D eigenvalue weighted by Gasteiger charge is 2.04. The molecule has 1 N–H and O–H groups in total. The molecule has 1 heterocycles. The van der Waals surface area contributed by atoms with Crippen LogP contribution in [0, 0.1) is 13.8 Å². The summed E-state index contributed by atoms with van der Waals surface area (Å²) >= 11 is 0. The van der Waals surface area contributed by atoms with Gasteiger partial charge in [0.15, 0.2) is 0 Å². The quantitative estimate of drug-likeness (QED) is 0.745. The van der Waals surface area contributed by atoms with Gasteiger partial charge in [-0.05, 0) is 26.0 Å². The molecule has 1 aromatic heterocycles. The lowest BCUT2D eigenvalue weighted by atomic mass is 10.1. The molecule has 112 valence electrons. The van der Waals surface area contributed by atoms with Crippen molar-refractivity contribution in [1.82, 2.24) is 9.97 Å². The minimum absolute atomic E-state index is 0. The average molecular weight is 312 g/mol. The van der Waals surface area contributed by atoms with E-state index >= 15 is 0 Å². The van der Waals surface area contributed by atoms with Gasteiger partial charge in [0, 0.05) is 17.3 Å². The molecule has 0 aliphatic rings. The number of nitrogens with one attached hydrogen (secondary N) is 1. The van der Waals surface area contributed by atoms with Crippen LogP contribution in [0.2, 0.25) is 0 Å². The molecule has 0 saturated carbocycles. The van der Waals surface area contributed by atoms with E-state index in [1.807, 2.05) is 43.3 Å². The zero-order valence-electron chi connectivity index (χ0n) is 12.6. The lowest BCUT2D eigenvalue weighted by molar-refractivity contribution is 1.06. The number of halogens is 1. The maximum Gasteiger partial charge on any atom is 0.134 e. The molecule has 0 saturated heterocycles. The molecule has 0 amide bonds. The molecule has 2 aromatic carbocycles. The fraction of sp³-hybridized carbons (Fsp3) is 0.111. The van der Waals surface area contributed by atoms with Gasteiger partial charge in [0.05, 0.1) is 5.69 Å². The van der Waals surface area contributed by atoms with Crippen molar-refractivity contribution >= 4 is 23.9 Å². The monoisotopic (exact) mass is 311 g/mol. The summed E-state index contributed by atoms with van der Waals surface area (Å²) in [5.74, 6) is 1.57. The molecule has 0 spiro atoms. The molecule has 0 radical (unpaired) electrons. The minimum Gasteiger partial charge on any atom is -0.340 e. The third kappa shape index (κ3) is 3.83. The average Bonchev–Trinajstić information content (AvgIpc) is 2.48. The van der Waals surface area contributed by atoms with Gasteiger partial charge >= 0.3 is 0 Å². The third-order valence-corrected chi connectivity index (χ3v) is 3.23. The second kappa shape index (κ2) is 7.05. The minimum atomic E-state index is 0. The predicted octanol–water partition coefficient (Wildman–Crippen LogP) is 4.93. The van der Waals surface area contributed by atoms with E-state index < -0.39 is 0 Å². The molecule has 0 atom stereocenters. The summed E-state index contributed by atoms with van der Waals surface area (Å²) in [5, 5.41) is 3.32. The largest absolute Gasteiger partial charge is 0.340 e. The molecule has 3 rings (SSSR count). The van der Waals surface area contributed by atoms with E-state index in [1.54, 1.807) is 0 Å². The van der Waals surface area contributed by atoms with Gasteiger partial charge in [-0.15, -0.1) is 12.4 Å². The summed E-state index contributed by atoms with van der Waals surface area (Å²) in [4.78, 5) is 8.97. The van der Waals surface area contributed by atoms with Crippen LogP contribution in [0.4, 0.5) is 11.5 Å². The lowest BCUT2D eigenvalue weighted by Gasteiger charge is -2.09. The number of rotatable bonds is 3. The summed E-state index contributed by atoms with van der Waals surface area (Å²) in [6.45, 7) is 3.99. The highest BCUT2D eigenvalue weighted by Crippen LogP contribution is 2.22. The number of hydrogen-bond acceptors (Lipinski definition) is 3. The Labute approximate surface area is 136 Å². The molecular formula is C18H18ClN3. The first-order valence-corrected chi connectivity index (χ1v) is 6.95. The summed E-state index contributed by atoms with van der Waals surface area (Å²) in [6, 6.07) is 20.4. The van der Waals surface area contributed by atoms with E-state index in [1.165, 1.54) is 5.56 Å². The van der Waals surface area contributed by atoms with Crippen LogP contribution in [-0.4, -0.2) is 9.97 Å². The maximum absolute atomic E-state index is 4.52. The normalized spacial score (nSPS) is 9.91. The summed E-state index contributed by atoms with van der Waals surface area (Å²) in [7, 11) is 0. The van der Waals surface area contributed by atoms with Crippen LogP contribution in [0.25, 0.3) is 11.3 Å². The Balaban J connectivity index is 0.00000176. The van der Waals surface area contributed by atoms with Gasteiger partial charge in [0.1, 0.15) is 11.6 Å². The summed E-state index contributed by atoms with van der Waals surface area (Å²) in [6.07, 6.45) is 0. The Morgan fingerprint density at radius 2 is 1.50 bits per heavy atom. The molecule has 0 fully saturated rings. The van der Waals surface area contributed by atoms with E-state index in [0.717, 1.165) is 28.6 Å². The van der Waals surface area contributed by atoms with Crippen LogP contribution in [0.1, 0.15) is 11.4 Å². The van der Waals surface area contributed by atoms with Crippen LogP contribution < -0.4 is 5.32 Å². The number of hydrogen-bond donors (Lipinski definition) is 1. The predicted molar refractivity (Wildman–Crippen MR) is 93.9 cm³/mol. The van der Waals surface area contributed by atoms with Gasteiger partial charge in [-0.3, -0.25) is 0 Å². The van der Waals surface area contributed by atoms with Gasteiger partial charge in [-0.25, -0.2) is 9.97 Å². The number of benzene rings is 2. The Hall–Kier alpha value is -2.39. The smallest absolute Gasteiger partial charge is 0.134 e. The highest BCUT2D eigenvalue weighted by molar-refractivity contribution is 5.85. The van der Waals surface area contributed by atoms with Crippen molar-refractivity contribution in [3.63, 3.8) is 0 Å². The first-order valence-electron chi connectivity index (χ1n) is 6.95. The third-order valence-electron chi connectivity index (χ3n) is 3.23. The van der Waals surface area contributed by atoms with E-state index in [-0.39, 0.29) is 12.4 Å². The molecule has 3 nitrogen and oxygen atoms in total. The van der Waals surface area contributed by atoms with Crippen molar-refractivity contribution in [1.29, 1.82) is 0 Å². The topological polar surface area (TPSA) is 37.8 Å². The van der Waals surface area contributed by atoms with Crippen molar-refractivity contribution in [3.05, 3.63) is 72.1 Å². The fourth-order valence-corrected chi connectivity index (χ4v) is 2.17. The van der Waals surface area contributed by atoms with Gasteiger partial charge in [0.2, 0.25) is 0 Å². The van der Waals surface area contributed by atoms with Crippen LogP contribution >= 0.6 is 12.4 Å². The van der Waals surface area contributed by atoms with E-state index in [4.69, 9.17) is 0 Å². The lowest BCUT2D eigenvalue weighted by Crippen LogP contribution is -1.98. The number of nitrogens with zero attached hydrogens (tertiary/aromatic N) is 2. The van der Waals surface area contributed by atoms with Crippen molar-refractivity contribution in [2.45, 2.75) is 13.8 Å². The number of anilines is 2. The number of aromatic nitrogens is 2. The second-order valence-corrected chi connectivity index (χ2v) is 5.04. The number of aryl methyl sites for hydroxylation is 2.